The van der Waals surface area contributed by atoms with E-state index in [1.807, 2.05) is 18.7 Å². The highest BCUT2D eigenvalue weighted by Crippen LogP contribution is 2.13. The predicted octanol–water partition coefficient (Wildman–Crippen LogP) is 3.11. The van der Waals surface area contributed by atoms with Crippen LogP contribution in [0.3, 0.4) is 0 Å². The number of rotatable bonds is 8. The molecule has 154 valence electrons. The molecule has 0 radical (unpaired) electrons. The molecular weight excluding hydrogens is 463 g/mol. The number of guanidine groups is 1. The summed E-state index contributed by atoms with van der Waals surface area (Å²) in [6, 6.07) is 11.2. The van der Waals surface area contributed by atoms with Crippen LogP contribution in [0.1, 0.15) is 31.7 Å². The number of hydrogen-bond donors (Lipinski definition) is 2. The Bertz CT molecular complexity index is 665. The summed E-state index contributed by atoms with van der Waals surface area (Å²) in [6.45, 7) is 8.10. The summed E-state index contributed by atoms with van der Waals surface area (Å²) in [5.74, 6) is 0.949. The summed E-state index contributed by atoms with van der Waals surface area (Å²) in [6.07, 6.45) is 9.01. The van der Waals surface area contributed by atoms with E-state index in [0.717, 1.165) is 64.5 Å². The zero-order valence-electron chi connectivity index (χ0n) is 16.8. The molecule has 0 bridgehead atoms. The molecule has 0 atom stereocenters. The molecule has 1 fully saturated rings. The van der Waals surface area contributed by atoms with Crippen molar-refractivity contribution in [2.24, 2.45) is 4.99 Å². The number of hydrogen-bond acceptors (Lipinski definition) is 3. The van der Waals surface area contributed by atoms with Crippen LogP contribution in [-0.2, 0) is 13.1 Å². The van der Waals surface area contributed by atoms with Gasteiger partial charge in [0, 0.05) is 57.7 Å². The Balaban J connectivity index is 0.00000280. The molecule has 1 aromatic carbocycles. The molecule has 0 saturated carbocycles. The van der Waals surface area contributed by atoms with Gasteiger partial charge in [-0.2, -0.15) is 0 Å². The smallest absolute Gasteiger partial charge is 0.191 e. The Morgan fingerprint density at radius 3 is 2.68 bits per heavy atom. The minimum atomic E-state index is 0. The van der Waals surface area contributed by atoms with E-state index in [0.29, 0.717) is 6.04 Å². The second kappa shape index (κ2) is 12.8. The van der Waals surface area contributed by atoms with Gasteiger partial charge in [0.1, 0.15) is 0 Å². The number of aromatic nitrogens is 2. The average Bonchev–Trinajstić information content (AvgIpc) is 3.21. The van der Waals surface area contributed by atoms with Crippen molar-refractivity contribution in [3.05, 3.63) is 54.6 Å². The first-order chi connectivity index (χ1) is 13.3. The van der Waals surface area contributed by atoms with Crippen molar-refractivity contribution in [3.63, 3.8) is 0 Å². The van der Waals surface area contributed by atoms with E-state index in [9.17, 15) is 0 Å². The van der Waals surface area contributed by atoms with Crippen LogP contribution >= 0.6 is 24.0 Å². The summed E-state index contributed by atoms with van der Waals surface area (Å²) < 4.78 is 2.10. The summed E-state index contributed by atoms with van der Waals surface area (Å²) in [7, 11) is 0. The Morgan fingerprint density at radius 2 is 2.00 bits per heavy atom. The average molecular weight is 496 g/mol. The lowest BCUT2D eigenvalue weighted by atomic mass is 10.0. The molecule has 2 heterocycles. The third-order valence-corrected chi connectivity index (χ3v) is 4.93. The first-order valence-corrected chi connectivity index (χ1v) is 10.1. The SMILES string of the molecule is CCNC(=NCCCn1ccnc1)NC1CCN(Cc2ccccc2)CC1.I. The highest BCUT2D eigenvalue weighted by Gasteiger charge is 2.19. The number of halogens is 1. The van der Waals surface area contributed by atoms with Crippen molar-refractivity contribution in [2.75, 3.05) is 26.2 Å². The second-order valence-corrected chi connectivity index (χ2v) is 7.10. The van der Waals surface area contributed by atoms with Crippen LogP contribution in [0.4, 0.5) is 0 Å². The molecule has 0 unspecified atom stereocenters. The maximum absolute atomic E-state index is 4.74. The molecule has 2 aromatic rings. The summed E-state index contributed by atoms with van der Waals surface area (Å²) in [4.78, 5) is 11.4. The van der Waals surface area contributed by atoms with Crippen LogP contribution in [0, 0.1) is 0 Å². The molecule has 0 aliphatic carbocycles. The number of aliphatic imine (C=N–C) groups is 1. The lowest BCUT2D eigenvalue weighted by molar-refractivity contribution is 0.198. The Morgan fingerprint density at radius 1 is 1.21 bits per heavy atom. The third kappa shape index (κ3) is 7.79. The molecule has 1 saturated heterocycles. The van der Waals surface area contributed by atoms with Crippen molar-refractivity contribution in [3.8, 4) is 0 Å². The standard InChI is InChI=1S/C21H32N6.HI/c1-2-23-21(24-11-6-13-27-16-12-22-18-27)25-20-9-14-26(15-10-20)17-19-7-4-3-5-8-19;/h3-5,7-8,12,16,18,20H,2,6,9-11,13-15,17H2,1H3,(H2,23,24,25);1H. The van der Waals surface area contributed by atoms with Gasteiger partial charge in [0.15, 0.2) is 5.96 Å². The summed E-state index contributed by atoms with van der Waals surface area (Å²) in [5.41, 5.74) is 1.40. The monoisotopic (exact) mass is 496 g/mol. The van der Waals surface area contributed by atoms with Crippen LogP contribution in [0.2, 0.25) is 0 Å². The van der Waals surface area contributed by atoms with Crippen LogP contribution < -0.4 is 10.6 Å². The van der Waals surface area contributed by atoms with Crippen LogP contribution in [0.25, 0.3) is 0 Å². The number of benzene rings is 1. The molecule has 6 nitrogen and oxygen atoms in total. The van der Waals surface area contributed by atoms with Crippen LogP contribution in [0.15, 0.2) is 54.0 Å². The van der Waals surface area contributed by atoms with Gasteiger partial charge >= 0.3 is 0 Å². The van der Waals surface area contributed by atoms with Gasteiger partial charge in [0.25, 0.3) is 0 Å². The highest BCUT2D eigenvalue weighted by molar-refractivity contribution is 14.0. The number of imidazole rings is 1. The molecular formula is C21H33IN6. The van der Waals surface area contributed by atoms with Crippen LogP contribution in [0.5, 0.6) is 0 Å². The Hall–Kier alpha value is -1.61. The van der Waals surface area contributed by atoms with Crippen molar-refractivity contribution >= 4 is 29.9 Å². The van der Waals surface area contributed by atoms with Crippen molar-refractivity contribution < 1.29 is 0 Å². The van der Waals surface area contributed by atoms with Gasteiger partial charge < -0.3 is 15.2 Å². The summed E-state index contributed by atoms with van der Waals surface area (Å²) >= 11 is 0. The van der Waals surface area contributed by atoms with E-state index in [2.05, 4.69) is 62.3 Å². The van der Waals surface area contributed by atoms with E-state index in [-0.39, 0.29) is 24.0 Å². The van der Waals surface area contributed by atoms with E-state index in [1.165, 1.54) is 5.56 Å². The molecule has 0 amide bonds. The van der Waals surface area contributed by atoms with E-state index in [1.54, 1.807) is 0 Å². The van der Waals surface area contributed by atoms with Gasteiger partial charge in [-0.05, 0) is 31.7 Å². The van der Waals surface area contributed by atoms with Crippen molar-refractivity contribution in [1.82, 2.24) is 25.1 Å². The number of piperidine rings is 1. The first-order valence-electron chi connectivity index (χ1n) is 10.1. The van der Waals surface area contributed by atoms with E-state index < -0.39 is 0 Å². The van der Waals surface area contributed by atoms with Gasteiger partial charge in [-0.25, -0.2) is 4.98 Å². The molecule has 7 heteroatoms. The fourth-order valence-electron chi connectivity index (χ4n) is 3.45. The van der Waals surface area contributed by atoms with E-state index in [4.69, 9.17) is 4.99 Å². The first kappa shape index (κ1) is 22.7. The zero-order valence-corrected chi connectivity index (χ0v) is 19.1. The maximum Gasteiger partial charge on any atom is 0.191 e. The van der Waals surface area contributed by atoms with Gasteiger partial charge in [-0.3, -0.25) is 9.89 Å². The second-order valence-electron chi connectivity index (χ2n) is 7.10. The number of likely N-dealkylation sites (tertiary alicyclic amines) is 1. The number of nitrogens with zero attached hydrogens (tertiary/aromatic N) is 4. The van der Waals surface area contributed by atoms with Crippen LogP contribution in [-0.4, -0.2) is 52.6 Å². The maximum atomic E-state index is 4.74. The van der Waals surface area contributed by atoms with Crippen molar-refractivity contribution in [1.29, 1.82) is 0 Å². The quantitative estimate of drug-likeness (QED) is 0.255. The Labute approximate surface area is 185 Å². The zero-order chi connectivity index (χ0) is 18.7. The fourth-order valence-corrected chi connectivity index (χ4v) is 3.45. The largest absolute Gasteiger partial charge is 0.357 e. The fraction of sp³-hybridized carbons (Fsp3) is 0.524. The van der Waals surface area contributed by atoms with Gasteiger partial charge in [0.05, 0.1) is 6.33 Å². The lowest BCUT2D eigenvalue weighted by Crippen LogP contribution is -2.48. The normalized spacial score (nSPS) is 15.8. The number of aryl methyl sites for hydroxylation is 1. The van der Waals surface area contributed by atoms with E-state index >= 15 is 0 Å². The minimum Gasteiger partial charge on any atom is -0.357 e. The topological polar surface area (TPSA) is 57.5 Å². The molecule has 2 N–H and O–H groups in total. The molecule has 0 spiro atoms. The Kier molecular flexibility index (Phi) is 10.3. The molecule has 1 aliphatic heterocycles. The lowest BCUT2D eigenvalue weighted by Gasteiger charge is -2.33. The van der Waals surface area contributed by atoms with Gasteiger partial charge in [0.2, 0.25) is 0 Å². The molecule has 1 aliphatic rings. The van der Waals surface area contributed by atoms with Crippen molar-refractivity contribution in [2.45, 2.75) is 45.3 Å². The molecule has 3 rings (SSSR count). The predicted molar refractivity (Wildman–Crippen MR) is 126 cm³/mol. The third-order valence-electron chi connectivity index (χ3n) is 4.93. The number of nitrogens with one attached hydrogen (secondary N) is 2. The molecule has 28 heavy (non-hydrogen) atoms. The minimum absolute atomic E-state index is 0. The highest BCUT2D eigenvalue weighted by atomic mass is 127. The summed E-state index contributed by atoms with van der Waals surface area (Å²) in [5, 5.41) is 7.01. The van der Waals surface area contributed by atoms with Gasteiger partial charge in [-0.1, -0.05) is 30.3 Å². The van der Waals surface area contributed by atoms with Gasteiger partial charge in [-0.15, -0.1) is 24.0 Å². The molecule has 1 aromatic heterocycles.